The summed E-state index contributed by atoms with van der Waals surface area (Å²) in [5.41, 5.74) is 2.66. The molecular formula is C20H21N3O3S2. The van der Waals surface area contributed by atoms with Gasteiger partial charge in [-0.2, -0.15) is 0 Å². The molecule has 0 atom stereocenters. The van der Waals surface area contributed by atoms with Crippen LogP contribution in [0.4, 0.5) is 10.8 Å². The predicted octanol–water partition coefficient (Wildman–Crippen LogP) is 3.85. The number of anilines is 2. The highest BCUT2D eigenvalue weighted by Gasteiger charge is 2.29. The number of rotatable bonds is 7. The largest absolute Gasteiger partial charge is 0.324 e. The summed E-state index contributed by atoms with van der Waals surface area (Å²) in [5.74, 6) is -0.418. The average molecular weight is 416 g/mol. The molecule has 0 bridgehead atoms. The van der Waals surface area contributed by atoms with Crippen molar-refractivity contribution >= 4 is 38.1 Å². The van der Waals surface area contributed by atoms with E-state index in [2.05, 4.69) is 10.3 Å². The van der Waals surface area contributed by atoms with Crippen molar-refractivity contribution in [3.8, 4) is 0 Å². The van der Waals surface area contributed by atoms with Gasteiger partial charge in [0.1, 0.15) is 6.54 Å². The Morgan fingerprint density at radius 1 is 1.14 bits per heavy atom. The number of benzene rings is 2. The highest BCUT2D eigenvalue weighted by atomic mass is 32.2. The van der Waals surface area contributed by atoms with E-state index in [1.807, 2.05) is 32.0 Å². The first-order valence-corrected chi connectivity index (χ1v) is 11.1. The van der Waals surface area contributed by atoms with E-state index < -0.39 is 15.9 Å². The minimum Gasteiger partial charge on any atom is -0.324 e. The Morgan fingerprint density at radius 3 is 2.54 bits per heavy atom. The SMILES string of the molecule is CCc1cccc(C)c1NC(=O)CN(c1nccs1)S(=O)(=O)c1ccccc1. The maximum atomic E-state index is 13.1. The molecule has 1 heterocycles. The number of carbonyl (C=O) groups excluding carboxylic acids is 1. The van der Waals surface area contributed by atoms with Crippen molar-refractivity contribution in [1.29, 1.82) is 0 Å². The number of hydrogen-bond donors (Lipinski definition) is 1. The normalized spacial score (nSPS) is 11.2. The molecule has 0 radical (unpaired) electrons. The van der Waals surface area contributed by atoms with E-state index in [1.165, 1.54) is 29.7 Å². The first kappa shape index (κ1) is 20.0. The van der Waals surface area contributed by atoms with Crippen LogP contribution in [-0.2, 0) is 21.2 Å². The molecule has 3 aromatic rings. The van der Waals surface area contributed by atoms with Crippen molar-refractivity contribution in [2.75, 3.05) is 16.2 Å². The van der Waals surface area contributed by atoms with Gasteiger partial charge in [0.25, 0.3) is 10.0 Å². The lowest BCUT2D eigenvalue weighted by molar-refractivity contribution is -0.114. The maximum Gasteiger partial charge on any atom is 0.266 e. The topological polar surface area (TPSA) is 79.4 Å². The van der Waals surface area contributed by atoms with Crippen LogP contribution in [-0.4, -0.2) is 25.9 Å². The Hall–Kier alpha value is -2.71. The van der Waals surface area contributed by atoms with Gasteiger partial charge in [0.15, 0.2) is 5.13 Å². The van der Waals surface area contributed by atoms with Crippen molar-refractivity contribution in [2.24, 2.45) is 0 Å². The molecular weight excluding hydrogens is 394 g/mol. The number of aryl methyl sites for hydroxylation is 2. The lowest BCUT2D eigenvalue weighted by atomic mass is 10.1. The molecule has 146 valence electrons. The molecule has 1 aromatic heterocycles. The van der Waals surface area contributed by atoms with Gasteiger partial charge in [-0.1, -0.05) is 43.3 Å². The number of nitrogens with one attached hydrogen (secondary N) is 1. The van der Waals surface area contributed by atoms with Crippen molar-refractivity contribution in [3.05, 3.63) is 71.2 Å². The van der Waals surface area contributed by atoms with Crippen LogP contribution < -0.4 is 9.62 Å². The summed E-state index contributed by atoms with van der Waals surface area (Å²) < 4.78 is 27.3. The molecule has 8 heteroatoms. The fourth-order valence-corrected chi connectivity index (χ4v) is 5.09. The molecule has 0 aliphatic rings. The zero-order chi connectivity index (χ0) is 20.1. The number of amides is 1. The summed E-state index contributed by atoms with van der Waals surface area (Å²) in [7, 11) is -3.92. The number of aromatic nitrogens is 1. The van der Waals surface area contributed by atoms with Crippen LogP contribution in [0.15, 0.2) is 65.0 Å². The van der Waals surface area contributed by atoms with E-state index in [0.29, 0.717) is 0 Å². The summed E-state index contributed by atoms with van der Waals surface area (Å²) in [5, 5.41) is 4.80. The summed E-state index contributed by atoms with van der Waals surface area (Å²) in [4.78, 5) is 17.0. The second kappa shape index (κ2) is 8.53. The first-order chi connectivity index (χ1) is 13.4. The molecule has 6 nitrogen and oxygen atoms in total. The smallest absolute Gasteiger partial charge is 0.266 e. The third-order valence-corrected chi connectivity index (χ3v) is 6.92. The van der Waals surface area contributed by atoms with Crippen LogP contribution in [0.3, 0.4) is 0 Å². The molecule has 0 saturated heterocycles. The van der Waals surface area contributed by atoms with Crippen molar-refractivity contribution < 1.29 is 13.2 Å². The number of thiazole rings is 1. The Balaban J connectivity index is 1.91. The molecule has 1 N–H and O–H groups in total. The monoisotopic (exact) mass is 415 g/mol. The maximum absolute atomic E-state index is 13.1. The standard InChI is InChI=1S/C20H21N3O3S2/c1-3-16-9-7-8-15(2)19(16)22-18(24)14-23(20-21-12-13-27-20)28(25,26)17-10-5-4-6-11-17/h4-13H,3,14H2,1-2H3,(H,22,24). The zero-order valence-electron chi connectivity index (χ0n) is 15.6. The summed E-state index contributed by atoms with van der Waals surface area (Å²) in [6.45, 7) is 3.56. The molecule has 0 aliphatic heterocycles. The van der Waals surface area contributed by atoms with Gasteiger partial charge in [-0.25, -0.2) is 17.7 Å². The number of carbonyl (C=O) groups is 1. The molecule has 28 heavy (non-hydrogen) atoms. The van der Waals surface area contributed by atoms with E-state index in [4.69, 9.17) is 0 Å². The quantitative estimate of drug-likeness (QED) is 0.636. The van der Waals surface area contributed by atoms with Crippen molar-refractivity contribution in [1.82, 2.24) is 4.98 Å². The van der Waals surface area contributed by atoms with Crippen LogP contribution in [0.25, 0.3) is 0 Å². The fraction of sp³-hybridized carbons (Fsp3) is 0.200. The van der Waals surface area contributed by atoms with Crippen LogP contribution in [0, 0.1) is 6.92 Å². The van der Waals surface area contributed by atoms with Crippen LogP contribution in [0.5, 0.6) is 0 Å². The molecule has 0 saturated carbocycles. The number of nitrogens with zero attached hydrogens (tertiary/aromatic N) is 2. The van der Waals surface area contributed by atoms with Crippen molar-refractivity contribution in [2.45, 2.75) is 25.2 Å². The number of hydrogen-bond acceptors (Lipinski definition) is 5. The summed E-state index contributed by atoms with van der Waals surface area (Å²) >= 11 is 1.17. The summed E-state index contributed by atoms with van der Waals surface area (Å²) in [6.07, 6.45) is 2.28. The molecule has 0 unspecified atom stereocenters. The van der Waals surface area contributed by atoms with Gasteiger partial charge >= 0.3 is 0 Å². The van der Waals surface area contributed by atoms with Crippen LogP contribution >= 0.6 is 11.3 Å². The Bertz CT molecular complexity index is 1050. The van der Waals surface area contributed by atoms with Crippen LogP contribution in [0.2, 0.25) is 0 Å². The van der Waals surface area contributed by atoms with E-state index in [1.54, 1.807) is 23.6 Å². The van der Waals surface area contributed by atoms with E-state index in [9.17, 15) is 13.2 Å². The van der Waals surface area contributed by atoms with Gasteiger partial charge in [0.2, 0.25) is 5.91 Å². The Morgan fingerprint density at radius 2 is 1.89 bits per heavy atom. The highest BCUT2D eigenvalue weighted by Crippen LogP contribution is 2.26. The summed E-state index contributed by atoms with van der Waals surface area (Å²) in [6, 6.07) is 13.8. The minimum absolute atomic E-state index is 0.114. The van der Waals surface area contributed by atoms with Gasteiger partial charge in [0.05, 0.1) is 4.90 Å². The number of para-hydroxylation sites is 1. The average Bonchev–Trinajstić information content (AvgIpc) is 3.22. The lowest BCUT2D eigenvalue weighted by Gasteiger charge is -2.22. The van der Waals surface area contributed by atoms with Crippen molar-refractivity contribution in [3.63, 3.8) is 0 Å². The molecule has 0 spiro atoms. The van der Waals surface area contributed by atoms with Gasteiger partial charge in [-0.3, -0.25) is 4.79 Å². The van der Waals surface area contributed by atoms with E-state index in [0.717, 1.165) is 27.5 Å². The minimum atomic E-state index is -3.92. The van der Waals surface area contributed by atoms with Gasteiger partial charge < -0.3 is 5.32 Å². The molecule has 2 aromatic carbocycles. The number of sulfonamides is 1. The first-order valence-electron chi connectivity index (χ1n) is 8.79. The van der Waals surface area contributed by atoms with E-state index >= 15 is 0 Å². The predicted molar refractivity (Wildman–Crippen MR) is 112 cm³/mol. The van der Waals surface area contributed by atoms with E-state index in [-0.39, 0.29) is 16.6 Å². The molecule has 3 rings (SSSR count). The fourth-order valence-electron chi connectivity index (χ4n) is 2.83. The molecule has 0 aliphatic carbocycles. The second-order valence-electron chi connectivity index (χ2n) is 6.15. The van der Waals surface area contributed by atoms with Crippen LogP contribution in [0.1, 0.15) is 18.1 Å². The van der Waals surface area contributed by atoms with Gasteiger partial charge in [-0.05, 0) is 36.6 Å². The lowest BCUT2D eigenvalue weighted by Crippen LogP contribution is -2.38. The van der Waals surface area contributed by atoms with Gasteiger partial charge in [0, 0.05) is 17.3 Å². The third kappa shape index (κ3) is 4.23. The zero-order valence-corrected chi connectivity index (χ0v) is 17.3. The van der Waals surface area contributed by atoms with Gasteiger partial charge in [-0.15, -0.1) is 11.3 Å². The molecule has 0 fully saturated rings. The Kier molecular flexibility index (Phi) is 6.11. The second-order valence-corrected chi connectivity index (χ2v) is 8.89. The molecule has 1 amide bonds. The third-order valence-electron chi connectivity index (χ3n) is 4.26. The highest BCUT2D eigenvalue weighted by molar-refractivity contribution is 7.93. The Labute approximate surface area is 168 Å².